The fraction of sp³-hybridized carbons (Fsp3) is 0.0588. The smallest absolute Gasteiger partial charge is 0.266 e. The van der Waals surface area contributed by atoms with Crippen LogP contribution in [0.25, 0.3) is 0 Å². The lowest BCUT2D eigenvalue weighted by molar-refractivity contribution is -0.114. The van der Waals surface area contributed by atoms with Gasteiger partial charge in [-0.15, -0.1) is 11.3 Å². The molecule has 1 heterocycles. The number of benzene rings is 2. The molecule has 0 unspecified atom stereocenters. The molecule has 140 valence electrons. The van der Waals surface area contributed by atoms with Crippen molar-refractivity contribution in [2.45, 2.75) is 4.90 Å². The highest BCUT2D eigenvalue weighted by Gasteiger charge is 2.28. The van der Waals surface area contributed by atoms with E-state index < -0.39 is 34.1 Å². The summed E-state index contributed by atoms with van der Waals surface area (Å²) in [6.07, 6.45) is 1.42. The Hall–Kier alpha value is -2.85. The van der Waals surface area contributed by atoms with Crippen LogP contribution in [-0.4, -0.2) is 25.9 Å². The third-order valence-corrected chi connectivity index (χ3v) is 6.11. The van der Waals surface area contributed by atoms with E-state index in [0.717, 1.165) is 27.8 Å². The van der Waals surface area contributed by atoms with Gasteiger partial charge in [-0.25, -0.2) is 26.5 Å². The number of thiazole rings is 1. The van der Waals surface area contributed by atoms with Crippen molar-refractivity contribution in [2.24, 2.45) is 0 Å². The lowest BCUT2D eigenvalue weighted by Crippen LogP contribution is -2.38. The molecule has 0 radical (unpaired) electrons. The maximum Gasteiger partial charge on any atom is 0.266 e. The molecule has 0 saturated carbocycles. The molecular formula is C17H13F2N3O3S2. The summed E-state index contributed by atoms with van der Waals surface area (Å²) < 4.78 is 53.0. The van der Waals surface area contributed by atoms with E-state index in [9.17, 15) is 22.0 Å². The lowest BCUT2D eigenvalue weighted by Gasteiger charge is -2.21. The number of carbonyl (C=O) groups excluding carboxylic acids is 1. The Labute approximate surface area is 158 Å². The fourth-order valence-electron chi connectivity index (χ4n) is 2.22. The van der Waals surface area contributed by atoms with Crippen LogP contribution in [0.3, 0.4) is 0 Å². The quantitative estimate of drug-likeness (QED) is 0.678. The molecule has 1 aromatic heterocycles. The summed E-state index contributed by atoms with van der Waals surface area (Å²) in [7, 11) is -4.04. The van der Waals surface area contributed by atoms with E-state index in [1.165, 1.54) is 24.4 Å². The van der Waals surface area contributed by atoms with Crippen molar-refractivity contribution in [1.29, 1.82) is 0 Å². The Morgan fingerprint density at radius 2 is 1.85 bits per heavy atom. The molecule has 0 aliphatic rings. The molecule has 3 aromatic rings. The summed E-state index contributed by atoms with van der Waals surface area (Å²) in [4.78, 5) is 16.3. The molecule has 3 rings (SSSR count). The summed E-state index contributed by atoms with van der Waals surface area (Å²) in [6.45, 7) is -0.580. The van der Waals surface area contributed by atoms with Gasteiger partial charge in [-0.1, -0.05) is 18.2 Å². The van der Waals surface area contributed by atoms with Crippen molar-refractivity contribution in [1.82, 2.24) is 4.98 Å². The van der Waals surface area contributed by atoms with Gasteiger partial charge in [0, 0.05) is 23.3 Å². The minimum Gasteiger partial charge on any atom is -0.324 e. The molecule has 1 N–H and O–H groups in total. The molecule has 1 amide bonds. The largest absolute Gasteiger partial charge is 0.324 e. The van der Waals surface area contributed by atoms with Gasteiger partial charge in [0.1, 0.15) is 6.54 Å². The van der Waals surface area contributed by atoms with Crippen molar-refractivity contribution < 1.29 is 22.0 Å². The normalized spacial score (nSPS) is 11.2. The molecule has 0 spiro atoms. The SMILES string of the molecule is O=C(CN(c1nccs1)S(=O)(=O)c1ccccc1)Nc1ccc(F)c(F)c1. The number of aromatic nitrogens is 1. The van der Waals surface area contributed by atoms with Gasteiger partial charge < -0.3 is 5.32 Å². The topological polar surface area (TPSA) is 79.4 Å². The van der Waals surface area contributed by atoms with Crippen molar-refractivity contribution in [3.63, 3.8) is 0 Å². The van der Waals surface area contributed by atoms with Gasteiger partial charge in [-0.05, 0) is 24.3 Å². The van der Waals surface area contributed by atoms with Crippen LogP contribution in [0.5, 0.6) is 0 Å². The standard InChI is InChI=1S/C17H13F2N3O3S2/c18-14-7-6-12(10-15(14)19)21-16(23)11-22(17-20-8-9-26-17)27(24,25)13-4-2-1-3-5-13/h1-10H,11H2,(H,21,23). The maximum atomic E-state index is 13.3. The van der Waals surface area contributed by atoms with Gasteiger partial charge in [0.25, 0.3) is 10.0 Å². The second-order valence-electron chi connectivity index (χ2n) is 5.32. The predicted molar refractivity (Wildman–Crippen MR) is 98.1 cm³/mol. The first-order valence-electron chi connectivity index (χ1n) is 7.60. The van der Waals surface area contributed by atoms with Gasteiger partial charge >= 0.3 is 0 Å². The van der Waals surface area contributed by atoms with Crippen LogP contribution in [0.1, 0.15) is 0 Å². The average molecular weight is 409 g/mol. The van der Waals surface area contributed by atoms with Crippen molar-refractivity contribution >= 4 is 38.1 Å². The molecule has 0 saturated heterocycles. The van der Waals surface area contributed by atoms with Crippen LogP contribution in [-0.2, 0) is 14.8 Å². The molecule has 0 bridgehead atoms. The Morgan fingerprint density at radius 1 is 1.11 bits per heavy atom. The third kappa shape index (κ3) is 4.29. The van der Waals surface area contributed by atoms with Gasteiger partial charge in [0.15, 0.2) is 16.8 Å². The first-order chi connectivity index (χ1) is 12.9. The van der Waals surface area contributed by atoms with Crippen LogP contribution >= 0.6 is 11.3 Å². The fourth-order valence-corrected chi connectivity index (χ4v) is 4.49. The summed E-state index contributed by atoms with van der Waals surface area (Å²) >= 11 is 1.05. The molecule has 27 heavy (non-hydrogen) atoms. The summed E-state index contributed by atoms with van der Waals surface area (Å²) in [5, 5.41) is 4.04. The number of anilines is 2. The number of nitrogens with one attached hydrogen (secondary N) is 1. The highest BCUT2D eigenvalue weighted by molar-refractivity contribution is 7.93. The van der Waals surface area contributed by atoms with Crippen LogP contribution in [0.4, 0.5) is 19.6 Å². The Morgan fingerprint density at radius 3 is 2.48 bits per heavy atom. The zero-order chi connectivity index (χ0) is 19.4. The Bertz CT molecular complexity index is 1040. The van der Waals surface area contributed by atoms with E-state index in [0.29, 0.717) is 0 Å². The number of nitrogens with zero attached hydrogens (tertiary/aromatic N) is 2. The van der Waals surface area contributed by atoms with Gasteiger partial charge in [-0.2, -0.15) is 0 Å². The minimum atomic E-state index is -4.04. The molecule has 0 fully saturated rings. The number of carbonyl (C=O) groups is 1. The van der Waals surface area contributed by atoms with Gasteiger partial charge in [0.05, 0.1) is 4.90 Å². The van der Waals surface area contributed by atoms with Crippen LogP contribution in [0, 0.1) is 11.6 Å². The first kappa shape index (κ1) is 18.9. The molecular weight excluding hydrogens is 396 g/mol. The van der Waals surface area contributed by atoms with E-state index in [2.05, 4.69) is 10.3 Å². The van der Waals surface area contributed by atoms with Crippen molar-refractivity contribution in [3.8, 4) is 0 Å². The lowest BCUT2D eigenvalue weighted by atomic mass is 10.3. The summed E-state index contributed by atoms with van der Waals surface area (Å²) in [6, 6.07) is 10.5. The molecule has 0 aliphatic carbocycles. The maximum absolute atomic E-state index is 13.3. The number of amides is 1. The van der Waals surface area contributed by atoms with Crippen LogP contribution in [0.2, 0.25) is 0 Å². The highest BCUT2D eigenvalue weighted by Crippen LogP contribution is 2.25. The number of hydrogen-bond donors (Lipinski definition) is 1. The van der Waals surface area contributed by atoms with E-state index in [4.69, 9.17) is 0 Å². The van der Waals surface area contributed by atoms with E-state index >= 15 is 0 Å². The van der Waals surface area contributed by atoms with E-state index in [-0.39, 0.29) is 15.7 Å². The molecule has 10 heteroatoms. The average Bonchev–Trinajstić information content (AvgIpc) is 3.17. The number of halogens is 2. The van der Waals surface area contributed by atoms with Crippen molar-refractivity contribution in [2.75, 3.05) is 16.2 Å². The van der Waals surface area contributed by atoms with E-state index in [1.807, 2.05) is 0 Å². The number of sulfonamides is 1. The third-order valence-electron chi connectivity index (χ3n) is 3.45. The van der Waals surface area contributed by atoms with Crippen LogP contribution in [0.15, 0.2) is 65.0 Å². The second kappa shape index (κ2) is 7.80. The number of rotatable bonds is 6. The highest BCUT2D eigenvalue weighted by atomic mass is 32.2. The van der Waals surface area contributed by atoms with Gasteiger partial charge in [-0.3, -0.25) is 4.79 Å². The molecule has 2 aromatic carbocycles. The summed E-state index contributed by atoms with van der Waals surface area (Å²) in [5.41, 5.74) is 0.00935. The molecule has 6 nitrogen and oxygen atoms in total. The van der Waals surface area contributed by atoms with E-state index in [1.54, 1.807) is 23.6 Å². The predicted octanol–water partition coefficient (Wildman–Crippen LogP) is 3.26. The van der Waals surface area contributed by atoms with Gasteiger partial charge in [0.2, 0.25) is 5.91 Å². The molecule has 0 aliphatic heterocycles. The number of hydrogen-bond acceptors (Lipinski definition) is 5. The Balaban J connectivity index is 1.86. The minimum absolute atomic E-state index is 0.000765. The van der Waals surface area contributed by atoms with Crippen molar-refractivity contribution in [3.05, 3.63) is 71.7 Å². The molecule has 0 atom stereocenters. The second-order valence-corrected chi connectivity index (χ2v) is 8.05. The Kier molecular flexibility index (Phi) is 5.47. The zero-order valence-electron chi connectivity index (χ0n) is 13.7. The monoisotopic (exact) mass is 409 g/mol. The zero-order valence-corrected chi connectivity index (χ0v) is 15.3. The first-order valence-corrected chi connectivity index (χ1v) is 9.92. The summed E-state index contributed by atoms with van der Waals surface area (Å²) in [5.74, 6) is -2.90. The van der Waals surface area contributed by atoms with Crippen LogP contribution < -0.4 is 9.62 Å².